The minimum atomic E-state index is -4.69. The van der Waals surface area contributed by atoms with Gasteiger partial charge in [-0.05, 0) is 42.5 Å². The third kappa shape index (κ3) is 4.22. The Labute approximate surface area is 179 Å². The number of hydrogen-bond donors (Lipinski definition) is 2. The Hall–Kier alpha value is -3.10. The number of aliphatic hydroxyl groups is 1. The van der Waals surface area contributed by atoms with E-state index in [0.29, 0.717) is 28.8 Å². The van der Waals surface area contributed by atoms with Crippen LogP contribution in [-0.4, -0.2) is 16.8 Å². The number of dihydropyridines is 1. The molecule has 4 rings (SSSR count). The number of aromatic nitrogens is 1. The first-order chi connectivity index (χ1) is 14.8. The Kier molecular flexibility index (Phi) is 5.60. The lowest BCUT2D eigenvalue weighted by Gasteiger charge is -2.17. The molecular weight excluding hydrogens is 436 g/mol. The molecule has 9 heteroatoms. The molecule has 1 aromatic heterocycles. The fourth-order valence-electron chi connectivity index (χ4n) is 3.26. The lowest BCUT2D eigenvalue weighted by Crippen LogP contribution is -2.13. The fourth-order valence-corrected chi connectivity index (χ4v) is 3.39. The zero-order chi connectivity index (χ0) is 22.2. The highest BCUT2D eigenvalue weighted by Crippen LogP contribution is 2.41. The van der Waals surface area contributed by atoms with E-state index in [2.05, 4.69) is 10.5 Å². The van der Waals surface area contributed by atoms with Gasteiger partial charge in [0.25, 0.3) is 0 Å². The molecule has 31 heavy (non-hydrogen) atoms. The summed E-state index contributed by atoms with van der Waals surface area (Å²) < 4.78 is 58.9. The molecule has 2 heterocycles. The van der Waals surface area contributed by atoms with Gasteiger partial charge < -0.3 is 14.9 Å². The highest BCUT2D eigenvalue weighted by Gasteiger charge is 2.33. The highest BCUT2D eigenvalue weighted by molar-refractivity contribution is 6.30. The third-order valence-corrected chi connectivity index (χ3v) is 5.04. The van der Waals surface area contributed by atoms with Crippen molar-refractivity contribution in [1.82, 2.24) is 10.5 Å². The van der Waals surface area contributed by atoms with Crippen LogP contribution in [0.5, 0.6) is 0 Å². The summed E-state index contributed by atoms with van der Waals surface area (Å²) >= 11 is 5.93. The second-order valence-electron chi connectivity index (χ2n) is 6.83. The van der Waals surface area contributed by atoms with Crippen LogP contribution in [0.4, 0.5) is 17.6 Å². The van der Waals surface area contributed by atoms with Gasteiger partial charge in [0.05, 0.1) is 11.1 Å². The smallest absolute Gasteiger partial charge is 0.387 e. The number of alkyl halides is 3. The van der Waals surface area contributed by atoms with Gasteiger partial charge in [-0.2, -0.15) is 13.2 Å². The minimum Gasteiger partial charge on any atom is -0.387 e. The van der Waals surface area contributed by atoms with Gasteiger partial charge in [-0.3, -0.25) is 0 Å². The largest absolute Gasteiger partial charge is 0.416 e. The Balaban J connectivity index is 1.88. The topological polar surface area (TPSA) is 58.3 Å². The third-order valence-electron chi connectivity index (χ3n) is 4.79. The van der Waals surface area contributed by atoms with E-state index in [9.17, 15) is 22.7 Å². The van der Waals surface area contributed by atoms with Crippen molar-refractivity contribution in [2.45, 2.75) is 12.3 Å². The molecule has 0 bridgehead atoms. The van der Waals surface area contributed by atoms with Crippen LogP contribution in [0.2, 0.25) is 5.02 Å². The summed E-state index contributed by atoms with van der Waals surface area (Å²) in [5.74, 6) is -0.983. The highest BCUT2D eigenvalue weighted by atomic mass is 35.5. The minimum absolute atomic E-state index is 0.0939. The van der Waals surface area contributed by atoms with Crippen LogP contribution in [0.25, 0.3) is 22.6 Å². The van der Waals surface area contributed by atoms with E-state index in [1.54, 1.807) is 42.6 Å². The summed E-state index contributed by atoms with van der Waals surface area (Å²) in [7, 11) is 0. The molecule has 0 radical (unpaired) electrons. The molecular formula is C22H15ClF4N2O2. The summed E-state index contributed by atoms with van der Waals surface area (Å²) in [6, 6.07) is 8.60. The summed E-state index contributed by atoms with van der Waals surface area (Å²) in [5, 5.41) is 18.4. The molecule has 0 spiro atoms. The maximum Gasteiger partial charge on any atom is 0.416 e. The first kappa shape index (κ1) is 21.1. The van der Waals surface area contributed by atoms with Crippen LogP contribution in [0, 0.1) is 5.82 Å². The van der Waals surface area contributed by atoms with Crippen molar-refractivity contribution >= 4 is 11.6 Å². The van der Waals surface area contributed by atoms with Gasteiger partial charge >= 0.3 is 6.18 Å². The van der Waals surface area contributed by atoms with Crippen LogP contribution in [0.1, 0.15) is 17.2 Å². The lowest BCUT2D eigenvalue weighted by molar-refractivity contribution is -0.137. The Morgan fingerprint density at radius 2 is 1.87 bits per heavy atom. The molecule has 0 amide bonds. The maximum atomic E-state index is 14.7. The monoisotopic (exact) mass is 450 g/mol. The van der Waals surface area contributed by atoms with Gasteiger partial charge in [-0.25, -0.2) is 4.39 Å². The second-order valence-corrected chi connectivity index (χ2v) is 7.27. The van der Waals surface area contributed by atoms with Crippen molar-refractivity contribution < 1.29 is 27.2 Å². The van der Waals surface area contributed by atoms with Crippen molar-refractivity contribution in [3.63, 3.8) is 0 Å². The Bertz CT molecular complexity index is 1170. The standard InChI is InChI=1S/C22H15ClF4N2O2/c23-15-6-3-12(4-7-15)21-18(20(30)13-2-1-9-28-11-13)19(29-31-21)16-8-5-14(10-17(16)24)22(25,26)27/h1-8,10-11,20,28,30H,9H2. The van der Waals surface area contributed by atoms with E-state index >= 15 is 0 Å². The van der Waals surface area contributed by atoms with E-state index in [4.69, 9.17) is 16.1 Å². The van der Waals surface area contributed by atoms with Gasteiger partial charge in [0.15, 0.2) is 5.76 Å². The SMILES string of the molecule is OC(C1=CNCC=C1)c1c(-c2ccc(C(F)(F)F)cc2F)noc1-c1ccc(Cl)cc1. The van der Waals surface area contributed by atoms with E-state index in [1.165, 1.54) is 0 Å². The van der Waals surface area contributed by atoms with Gasteiger partial charge in [0, 0.05) is 34.5 Å². The average molecular weight is 451 g/mol. The number of benzene rings is 2. The van der Waals surface area contributed by atoms with Gasteiger partial charge in [-0.15, -0.1) is 0 Å². The number of rotatable bonds is 4. The molecule has 1 atom stereocenters. The van der Waals surface area contributed by atoms with E-state index < -0.39 is 23.7 Å². The van der Waals surface area contributed by atoms with Gasteiger partial charge in [0.2, 0.25) is 0 Å². The molecule has 2 aromatic carbocycles. The van der Waals surface area contributed by atoms with Crippen molar-refractivity contribution in [2.24, 2.45) is 0 Å². The molecule has 0 saturated heterocycles. The zero-order valence-corrected chi connectivity index (χ0v) is 16.5. The van der Waals surface area contributed by atoms with Crippen LogP contribution in [0.3, 0.4) is 0 Å². The first-order valence-corrected chi connectivity index (χ1v) is 9.54. The summed E-state index contributed by atoms with van der Waals surface area (Å²) in [4.78, 5) is 0. The van der Waals surface area contributed by atoms with E-state index in [-0.39, 0.29) is 22.6 Å². The van der Waals surface area contributed by atoms with Crippen molar-refractivity contribution in [2.75, 3.05) is 6.54 Å². The molecule has 1 aliphatic heterocycles. The van der Waals surface area contributed by atoms with Crippen LogP contribution < -0.4 is 5.32 Å². The van der Waals surface area contributed by atoms with Crippen molar-refractivity contribution in [3.8, 4) is 22.6 Å². The average Bonchev–Trinajstić information content (AvgIpc) is 3.18. The zero-order valence-electron chi connectivity index (χ0n) is 15.8. The molecule has 160 valence electrons. The normalized spacial score (nSPS) is 14.8. The van der Waals surface area contributed by atoms with Crippen LogP contribution in [-0.2, 0) is 6.18 Å². The molecule has 4 nitrogen and oxygen atoms in total. The van der Waals surface area contributed by atoms with Crippen molar-refractivity contribution in [3.05, 3.63) is 88.4 Å². The number of halogens is 5. The van der Waals surface area contributed by atoms with Crippen molar-refractivity contribution in [1.29, 1.82) is 0 Å². The predicted octanol–water partition coefficient (Wildman–Crippen LogP) is 5.90. The summed E-state index contributed by atoms with van der Waals surface area (Å²) in [6.07, 6.45) is -0.906. The predicted molar refractivity (Wildman–Crippen MR) is 108 cm³/mol. The van der Waals surface area contributed by atoms with Gasteiger partial charge in [0.1, 0.15) is 17.6 Å². The van der Waals surface area contributed by atoms with Gasteiger partial charge in [-0.1, -0.05) is 28.9 Å². The van der Waals surface area contributed by atoms with Crippen LogP contribution in [0.15, 0.2) is 70.9 Å². The number of nitrogens with zero attached hydrogens (tertiary/aromatic N) is 1. The summed E-state index contributed by atoms with van der Waals surface area (Å²) in [5.41, 5.74) is -0.348. The first-order valence-electron chi connectivity index (χ1n) is 9.16. The quantitative estimate of drug-likeness (QED) is 0.486. The molecule has 2 N–H and O–H groups in total. The Morgan fingerprint density at radius 3 is 2.48 bits per heavy atom. The number of nitrogens with one attached hydrogen (secondary N) is 1. The maximum absolute atomic E-state index is 14.7. The lowest BCUT2D eigenvalue weighted by atomic mass is 9.93. The molecule has 0 fully saturated rings. The molecule has 3 aromatic rings. The Morgan fingerprint density at radius 1 is 1.13 bits per heavy atom. The molecule has 1 aliphatic rings. The molecule has 0 saturated carbocycles. The van der Waals surface area contributed by atoms with Crippen LogP contribution >= 0.6 is 11.6 Å². The summed E-state index contributed by atoms with van der Waals surface area (Å²) in [6.45, 7) is 0.574. The van der Waals surface area contributed by atoms with E-state index in [0.717, 1.165) is 12.1 Å². The van der Waals surface area contributed by atoms with E-state index in [1.807, 2.05) is 0 Å². The molecule has 0 aliphatic carbocycles. The second kappa shape index (κ2) is 8.20. The molecule has 1 unspecified atom stereocenters. The number of hydrogen-bond acceptors (Lipinski definition) is 4. The fraction of sp³-hybridized carbons (Fsp3) is 0.136. The number of aliphatic hydroxyl groups excluding tert-OH is 1.